The van der Waals surface area contributed by atoms with Crippen LogP contribution in [-0.4, -0.2) is 37.9 Å². The van der Waals surface area contributed by atoms with E-state index in [2.05, 4.69) is 19.1 Å². The second-order valence-corrected chi connectivity index (χ2v) is 6.83. The van der Waals surface area contributed by atoms with Crippen LogP contribution in [0.1, 0.15) is 45.1 Å². The molecule has 0 bridgehead atoms. The number of carbonyl (C=O) groups excluding carboxylic acids is 1. The summed E-state index contributed by atoms with van der Waals surface area (Å²) < 4.78 is 16.9. The number of carbonyl (C=O) groups is 1. The third-order valence-electron chi connectivity index (χ3n) is 4.79. The van der Waals surface area contributed by atoms with Gasteiger partial charge in [-0.1, -0.05) is 25.5 Å². The molecule has 0 unspecified atom stereocenters. The van der Waals surface area contributed by atoms with Gasteiger partial charge in [0.05, 0.1) is 13.2 Å². The molecule has 5 nitrogen and oxygen atoms in total. The number of methoxy groups -OCH3 is 1. The Morgan fingerprint density at radius 1 is 1.23 bits per heavy atom. The maximum atomic E-state index is 12.1. The molecule has 4 atom stereocenters. The van der Waals surface area contributed by atoms with Gasteiger partial charge < -0.3 is 19.9 Å². The van der Waals surface area contributed by atoms with E-state index >= 15 is 0 Å². The first-order valence-corrected chi connectivity index (χ1v) is 9.25. The molecule has 1 fully saturated rings. The van der Waals surface area contributed by atoms with E-state index in [1.165, 1.54) is 5.56 Å². The fourth-order valence-electron chi connectivity index (χ4n) is 3.41. The molecule has 0 saturated carbocycles. The van der Waals surface area contributed by atoms with Crippen LogP contribution in [-0.2, 0) is 20.7 Å². The molecular weight excluding hydrogens is 354 g/mol. The number of nitrogens with two attached hydrogens (primary N) is 1. The van der Waals surface area contributed by atoms with Gasteiger partial charge in [0.25, 0.3) is 0 Å². The van der Waals surface area contributed by atoms with Crippen molar-refractivity contribution in [3.8, 4) is 5.75 Å². The highest BCUT2D eigenvalue weighted by atomic mass is 35.5. The zero-order valence-corrected chi connectivity index (χ0v) is 16.8. The van der Waals surface area contributed by atoms with Crippen LogP contribution < -0.4 is 10.5 Å². The Kier molecular flexibility index (Phi) is 9.99. The third-order valence-corrected chi connectivity index (χ3v) is 4.79. The molecule has 6 heteroatoms. The lowest BCUT2D eigenvalue weighted by molar-refractivity contribution is -0.160. The lowest BCUT2D eigenvalue weighted by Crippen LogP contribution is -2.40. The minimum atomic E-state index is -0.533. The number of benzene rings is 1. The molecule has 0 spiro atoms. The molecule has 1 aromatic carbocycles. The highest BCUT2D eigenvalue weighted by Crippen LogP contribution is 2.27. The molecule has 0 aliphatic carbocycles. The summed E-state index contributed by atoms with van der Waals surface area (Å²) in [4.78, 5) is 12.1. The van der Waals surface area contributed by atoms with Gasteiger partial charge in [0, 0.05) is 6.61 Å². The van der Waals surface area contributed by atoms with Crippen LogP contribution in [0, 0.1) is 5.92 Å². The van der Waals surface area contributed by atoms with Crippen molar-refractivity contribution < 1.29 is 19.0 Å². The standard InChI is InChI=1S/C20H31NO4.ClH/c1-4-12-24-19-14(2)25-20(22)18(21)7-5-6-16(19)13-15-8-10-17(23-3)11-9-15;/h8-11,14,16,18-19H,4-7,12-13,21H2,1-3H3;1H/t14-,16+,18-,19-;/m0./s1. The fraction of sp³-hybridized carbons (Fsp3) is 0.650. The van der Waals surface area contributed by atoms with Crippen molar-refractivity contribution in [1.29, 1.82) is 0 Å². The molecule has 2 rings (SSSR count). The fourth-order valence-corrected chi connectivity index (χ4v) is 3.41. The van der Waals surface area contributed by atoms with Crippen molar-refractivity contribution >= 4 is 18.4 Å². The summed E-state index contributed by atoms with van der Waals surface area (Å²) in [5, 5.41) is 0. The van der Waals surface area contributed by atoms with E-state index in [1.54, 1.807) is 7.11 Å². The van der Waals surface area contributed by atoms with Crippen molar-refractivity contribution in [2.24, 2.45) is 11.7 Å². The van der Waals surface area contributed by atoms with Crippen molar-refractivity contribution in [3.05, 3.63) is 29.8 Å². The van der Waals surface area contributed by atoms with Gasteiger partial charge in [0.1, 0.15) is 17.9 Å². The Hall–Kier alpha value is -1.30. The van der Waals surface area contributed by atoms with Gasteiger partial charge in [-0.25, -0.2) is 0 Å². The first-order chi connectivity index (χ1) is 12.0. The van der Waals surface area contributed by atoms with E-state index in [4.69, 9.17) is 19.9 Å². The second-order valence-electron chi connectivity index (χ2n) is 6.83. The maximum absolute atomic E-state index is 12.1. The Morgan fingerprint density at radius 2 is 1.92 bits per heavy atom. The number of rotatable bonds is 6. The first kappa shape index (κ1) is 22.7. The molecule has 1 aliphatic heterocycles. The Labute approximate surface area is 163 Å². The van der Waals surface area contributed by atoms with Crippen molar-refractivity contribution in [2.75, 3.05) is 13.7 Å². The minimum absolute atomic E-state index is 0. The zero-order valence-electron chi connectivity index (χ0n) is 16.0. The minimum Gasteiger partial charge on any atom is -0.497 e. The number of hydrogen-bond donors (Lipinski definition) is 1. The van der Waals surface area contributed by atoms with Gasteiger partial charge in [0.15, 0.2) is 0 Å². The molecule has 26 heavy (non-hydrogen) atoms. The van der Waals surface area contributed by atoms with Crippen molar-refractivity contribution in [1.82, 2.24) is 0 Å². The summed E-state index contributed by atoms with van der Waals surface area (Å²) in [7, 11) is 1.67. The maximum Gasteiger partial charge on any atom is 0.323 e. The van der Waals surface area contributed by atoms with E-state index in [-0.39, 0.29) is 36.5 Å². The van der Waals surface area contributed by atoms with Crippen LogP contribution >= 0.6 is 12.4 Å². The van der Waals surface area contributed by atoms with Crippen LogP contribution in [0.3, 0.4) is 0 Å². The van der Waals surface area contributed by atoms with Crippen molar-refractivity contribution in [2.45, 2.75) is 64.2 Å². The number of cyclic esters (lactones) is 1. The van der Waals surface area contributed by atoms with Crippen LogP contribution in [0.5, 0.6) is 5.75 Å². The lowest BCUT2D eigenvalue weighted by atomic mass is 9.87. The summed E-state index contributed by atoms with van der Waals surface area (Å²) in [6.07, 6.45) is 3.93. The lowest BCUT2D eigenvalue weighted by Gasteiger charge is -2.31. The second kappa shape index (κ2) is 11.4. The number of hydrogen-bond acceptors (Lipinski definition) is 5. The van der Waals surface area contributed by atoms with E-state index in [9.17, 15) is 4.79 Å². The molecule has 0 amide bonds. The van der Waals surface area contributed by atoms with Crippen molar-refractivity contribution in [3.63, 3.8) is 0 Å². The molecule has 0 aromatic heterocycles. The first-order valence-electron chi connectivity index (χ1n) is 9.25. The predicted octanol–water partition coefficient (Wildman–Crippen LogP) is 3.51. The van der Waals surface area contributed by atoms with E-state index in [0.29, 0.717) is 13.0 Å². The van der Waals surface area contributed by atoms with E-state index in [0.717, 1.165) is 31.4 Å². The summed E-state index contributed by atoms with van der Waals surface area (Å²) in [5.41, 5.74) is 7.16. The Balaban J connectivity index is 0.00000338. The summed E-state index contributed by atoms with van der Waals surface area (Å²) in [5.74, 6) is 0.820. The summed E-state index contributed by atoms with van der Waals surface area (Å²) in [6, 6.07) is 7.60. The molecule has 148 valence electrons. The van der Waals surface area contributed by atoms with Gasteiger partial charge in [-0.05, 0) is 56.2 Å². The molecule has 1 saturated heterocycles. The van der Waals surface area contributed by atoms with Crippen LogP contribution in [0.25, 0.3) is 0 Å². The molecular formula is C20H32ClNO4. The molecule has 2 N–H and O–H groups in total. The smallest absolute Gasteiger partial charge is 0.323 e. The number of ether oxygens (including phenoxy) is 3. The summed E-state index contributed by atoms with van der Waals surface area (Å²) >= 11 is 0. The zero-order chi connectivity index (χ0) is 18.2. The van der Waals surface area contributed by atoms with Gasteiger partial charge >= 0.3 is 5.97 Å². The Bertz CT molecular complexity index is 537. The molecule has 1 aromatic rings. The topological polar surface area (TPSA) is 70.8 Å². The molecule has 1 aliphatic rings. The average Bonchev–Trinajstić information content (AvgIpc) is 2.65. The SMILES string of the molecule is CCCO[C@@H]1[C@@H](Cc2ccc(OC)cc2)CCC[C@H](N)C(=O)O[C@H]1C.Cl. The molecule has 1 heterocycles. The van der Waals surface area contributed by atoms with Crippen LogP contribution in [0.4, 0.5) is 0 Å². The van der Waals surface area contributed by atoms with Crippen LogP contribution in [0.15, 0.2) is 24.3 Å². The van der Waals surface area contributed by atoms with Crippen LogP contribution in [0.2, 0.25) is 0 Å². The highest BCUT2D eigenvalue weighted by molar-refractivity contribution is 5.85. The monoisotopic (exact) mass is 385 g/mol. The average molecular weight is 386 g/mol. The predicted molar refractivity (Wildman–Crippen MR) is 105 cm³/mol. The van der Waals surface area contributed by atoms with Gasteiger partial charge in [-0.2, -0.15) is 0 Å². The molecule has 0 radical (unpaired) electrons. The Morgan fingerprint density at radius 3 is 2.54 bits per heavy atom. The third kappa shape index (κ3) is 6.45. The highest BCUT2D eigenvalue weighted by Gasteiger charge is 2.33. The number of halogens is 1. The van der Waals surface area contributed by atoms with Gasteiger partial charge in [0.2, 0.25) is 0 Å². The summed E-state index contributed by atoms with van der Waals surface area (Å²) in [6.45, 7) is 4.66. The number of esters is 1. The normalized spacial score (nSPS) is 26.7. The quantitative estimate of drug-likeness (QED) is 0.758. The largest absolute Gasteiger partial charge is 0.497 e. The van der Waals surface area contributed by atoms with E-state index < -0.39 is 6.04 Å². The van der Waals surface area contributed by atoms with Gasteiger partial charge in [-0.15, -0.1) is 12.4 Å². The van der Waals surface area contributed by atoms with E-state index in [1.807, 2.05) is 19.1 Å². The van der Waals surface area contributed by atoms with Gasteiger partial charge in [-0.3, -0.25) is 4.79 Å².